The highest BCUT2D eigenvalue weighted by Crippen LogP contribution is 2.31. The van der Waals surface area contributed by atoms with Crippen LogP contribution in [0.2, 0.25) is 0 Å². The molecule has 29 heavy (non-hydrogen) atoms. The molecule has 0 fully saturated rings. The minimum atomic E-state index is -0.577. The SMILES string of the molecule is CNC(C)C(=O)NC1CCc2ccccc2N(Cc2ccc(Br)cc2OC)C1=O. The molecule has 0 aromatic heterocycles. The molecule has 3 rings (SSSR count). The summed E-state index contributed by atoms with van der Waals surface area (Å²) in [6, 6.07) is 12.7. The lowest BCUT2D eigenvalue weighted by atomic mass is 10.1. The van der Waals surface area contributed by atoms with Crippen LogP contribution < -0.4 is 20.3 Å². The van der Waals surface area contributed by atoms with E-state index < -0.39 is 6.04 Å². The Hall–Kier alpha value is -2.38. The van der Waals surface area contributed by atoms with Crippen molar-refractivity contribution in [2.24, 2.45) is 0 Å². The Bertz CT molecular complexity index is 903. The van der Waals surface area contributed by atoms with Crippen molar-refractivity contribution in [1.82, 2.24) is 10.6 Å². The highest BCUT2D eigenvalue weighted by molar-refractivity contribution is 9.10. The smallest absolute Gasteiger partial charge is 0.249 e. The van der Waals surface area contributed by atoms with Gasteiger partial charge in [0.25, 0.3) is 0 Å². The monoisotopic (exact) mass is 459 g/mol. The summed E-state index contributed by atoms with van der Waals surface area (Å²) in [7, 11) is 3.34. The molecule has 7 heteroatoms. The van der Waals surface area contributed by atoms with E-state index in [1.54, 1.807) is 26.0 Å². The second kappa shape index (κ2) is 9.41. The molecule has 0 saturated heterocycles. The van der Waals surface area contributed by atoms with E-state index in [2.05, 4.69) is 26.6 Å². The van der Waals surface area contributed by atoms with Gasteiger partial charge in [0, 0.05) is 15.7 Å². The molecule has 0 saturated carbocycles. The first-order chi connectivity index (χ1) is 13.9. The number of likely N-dealkylation sites (N-methyl/N-ethyl adjacent to an activating group) is 1. The summed E-state index contributed by atoms with van der Waals surface area (Å²) in [4.78, 5) is 27.6. The van der Waals surface area contributed by atoms with E-state index in [0.29, 0.717) is 18.7 Å². The third-order valence-corrected chi connectivity index (χ3v) is 5.76. The Morgan fingerprint density at radius 3 is 2.79 bits per heavy atom. The molecule has 154 valence electrons. The first-order valence-electron chi connectivity index (χ1n) is 9.64. The number of carbonyl (C=O) groups excluding carboxylic acids is 2. The lowest BCUT2D eigenvalue weighted by Gasteiger charge is -2.27. The van der Waals surface area contributed by atoms with Crippen LogP contribution in [-0.4, -0.2) is 38.1 Å². The maximum absolute atomic E-state index is 13.5. The molecule has 2 aromatic carbocycles. The third kappa shape index (κ3) is 4.79. The van der Waals surface area contributed by atoms with Gasteiger partial charge in [-0.1, -0.05) is 40.2 Å². The summed E-state index contributed by atoms with van der Waals surface area (Å²) in [5.41, 5.74) is 2.87. The van der Waals surface area contributed by atoms with Gasteiger partial charge in [0.05, 0.1) is 19.7 Å². The first-order valence-corrected chi connectivity index (χ1v) is 10.4. The number of hydrogen-bond acceptors (Lipinski definition) is 4. The molecule has 0 bridgehead atoms. The number of ether oxygens (including phenoxy) is 1. The number of methoxy groups -OCH3 is 1. The fraction of sp³-hybridized carbons (Fsp3) is 0.364. The third-order valence-electron chi connectivity index (χ3n) is 5.27. The molecule has 6 nitrogen and oxygen atoms in total. The molecular weight excluding hydrogens is 434 g/mol. The number of nitrogens with zero attached hydrogens (tertiary/aromatic N) is 1. The van der Waals surface area contributed by atoms with Crippen LogP contribution in [0, 0.1) is 0 Å². The minimum Gasteiger partial charge on any atom is -0.496 e. The van der Waals surface area contributed by atoms with E-state index in [4.69, 9.17) is 4.74 Å². The number of benzene rings is 2. The molecule has 2 atom stereocenters. The van der Waals surface area contributed by atoms with E-state index in [9.17, 15) is 9.59 Å². The molecule has 1 heterocycles. The number of aryl methyl sites for hydroxylation is 1. The molecule has 2 unspecified atom stereocenters. The molecule has 0 aliphatic carbocycles. The lowest BCUT2D eigenvalue weighted by Crippen LogP contribution is -2.52. The quantitative estimate of drug-likeness (QED) is 0.696. The molecule has 2 N–H and O–H groups in total. The van der Waals surface area contributed by atoms with E-state index in [0.717, 1.165) is 27.7 Å². The Morgan fingerprint density at radius 2 is 2.07 bits per heavy atom. The average molecular weight is 460 g/mol. The summed E-state index contributed by atoms with van der Waals surface area (Å²) < 4.78 is 6.42. The normalized spacial score (nSPS) is 17.3. The van der Waals surface area contributed by atoms with Gasteiger partial charge in [-0.15, -0.1) is 0 Å². The topological polar surface area (TPSA) is 70.7 Å². The Morgan fingerprint density at radius 1 is 1.31 bits per heavy atom. The Balaban J connectivity index is 1.95. The van der Waals surface area contributed by atoms with Crippen molar-refractivity contribution in [3.8, 4) is 5.75 Å². The zero-order valence-corrected chi connectivity index (χ0v) is 18.5. The standard InChI is InChI=1S/C22H26BrN3O3/c1-14(24-2)21(27)25-18-11-9-15-6-4-5-7-19(15)26(22(18)28)13-16-8-10-17(23)12-20(16)29-3/h4-8,10,12,14,18,24H,9,11,13H2,1-3H3,(H,25,27). The zero-order valence-electron chi connectivity index (χ0n) is 16.9. The van der Waals surface area contributed by atoms with Gasteiger partial charge in [-0.05, 0) is 50.6 Å². The predicted octanol–water partition coefficient (Wildman–Crippen LogP) is 3.03. The zero-order chi connectivity index (χ0) is 21.0. The van der Waals surface area contributed by atoms with Crippen LogP contribution in [0.3, 0.4) is 0 Å². The van der Waals surface area contributed by atoms with Crippen LogP contribution in [0.25, 0.3) is 0 Å². The number of hydrogen-bond donors (Lipinski definition) is 2. The summed E-state index contributed by atoms with van der Waals surface area (Å²) in [6.45, 7) is 2.13. The first kappa shape index (κ1) is 21.3. The molecule has 2 amide bonds. The number of fused-ring (bicyclic) bond motifs is 1. The van der Waals surface area contributed by atoms with Crippen LogP contribution in [-0.2, 0) is 22.6 Å². The maximum Gasteiger partial charge on any atom is 0.249 e. The number of para-hydroxylation sites is 1. The van der Waals surface area contributed by atoms with Crippen molar-refractivity contribution < 1.29 is 14.3 Å². The molecule has 2 aromatic rings. The lowest BCUT2D eigenvalue weighted by molar-refractivity contribution is -0.128. The number of rotatable bonds is 6. The summed E-state index contributed by atoms with van der Waals surface area (Å²) >= 11 is 3.46. The second-order valence-electron chi connectivity index (χ2n) is 7.12. The van der Waals surface area contributed by atoms with Gasteiger partial charge in [-0.3, -0.25) is 9.59 Å². The summed E-state index contributed by atoms with van der Waals surface area (Å²) in [5.74, 6) is 0.410. The summed E-state index contributed by atoms with van der Waals surface area (Å²) in [5, 5.41) is 5.83. The highest BCUT2D eigenvalue weighted by atomic mass is 79.9. The molecule has 0 radical (unpaired) electrons. The van der Waals surface area contributed by atoms with E-state index in [1.807, 2.05) is 42.5 Å². The van der Waals surface area contributed by atoms with Crippen molar-refractivity contribution in [2.45, 2.75) is 38.4 Å². The fourth-order valence-corrected chi connectivity index (χ4v) is 3.80. The van der Waals surface area contributed by atoms with Crippen LogP contribution in [0.5, 0.6) is 5.75 Å². The number of carbonyl (C=O) groups is 2. The van der Waals surface area contributed by atoms with Gasteiger partial charge in [0.2, 0.25) is 11.8 Å². The number of amides is 2. The van der Waals surface area contributed by atoms with Crippen molar-refractivity contribution in [3.05, 3.63) is 58.1 Å². The number of nitrogens with one attached hydrogen (secondary N) is 2. The van der Waals surface area contributed by atoms with Crippen molar-refractivity contribution in [1.29, 1.82) is 0 Å². The van der Waals surface area contributed by atoms with Gasteiger partial charge in [0.15, 0.2) is 0 Å². The van der Waals surface area contributed by atoms with Crippen LogP contribution in [0.15, 0.2) is 46.9 Å². The highest BCUT2D eigenvalue weighted by Gasteiger charge is 2.32. The van der Waals surface area contributed by atoms with E-state index in [-0.39, 0.29) is 17.9 Å². The number of anilines is 1. The predicted molar refractivity (Wildman–Crippen MR) is 117 cm³/mol. The maximum atomic E-state index is 13.5. The van der Waals surface area contributed by atoms with Crippen LogP contribution >= 0.6 is 15.9 Å². The van der Waals surface area contributed by atoms with Gasteiger partial charge in [-0.25, -0.2) is 0 Å². The Kier molecular flexibility index (Phi) is 6.92. The molecule has 1 aliphatic heterocycles. The Labute approximate surface area is 179 Å². The van der Waals surface area contributed by atoms with Gasteiger partial charge >= 0.3 is 0 Å². The van der Waals surface area contributed by atoms with Gasteiger partial charge in [0.1, 0.15) is 11.8 Å². The van der Waals surface area contributed by atoms with Crippen molar-refractivity contribution >= 4 is 33.4 Å². The molecule has 1 aliphatic rings. The molecule has 0 spiro atoms. The number of halogens is 1. The van der Waals surface area contributed by atoms with Crippen LogP contribution in [0.4, 0.5) is 5.69 Å². The minimum absolute atomic E-state index is 0.114. The largest absolute Gasteiger partial charge is 0.496 e. The van der Waals surface area contributed by atoms with Gasteiger partial charge < -0.3 is 20.3 Å². The fourth-order valence-electron chi connectivity index (χ4n) is 3.46. The van der Waals surface area contributed by atoms with E-state index in [1.165, 1.54) is 0 Å². The second-order valence-corrected chi connectivity index (χ2v) is 8.04. The molecular formula is C22H26BrN3O3. The summed E-state index contributed by atoms with van der Waals surface area (Å²) in [6.07, 6.45) is 1.28. The van der Waals surface area contributed by atoms with E-state index >= 15 is 0 Å². The van der Waals surface area contributed by atoms with Crippen LogP contribution in [0.1, 0.15) is 24.5 Å². The van der Waals surface area contributed by atoms with Gasteiger partial charge in [-0.2, -0.15) is 0 Å². The van der Waals surface area contributed by atoms with Crippen molar-refractivity contribution in [2.75, 3.05) is 19.1 Å². The van der Waals surface area contributed by atoms with Crippen molar-refractivity contribution in [3.63, 3.8) is 0 Å². The average Bonchev–Trinajstić information content (AvgIpc) is 2.86.